The minimum absolute atomic E-state index is 0.0179. The van der Waals surface area contributed by atoms with Crippen LogP contribution in [-0.2, 0) is 39.3 Å². The van der Waals surface area contributed by atoms with Crippen molar-refractivity contribution in [2.75, 3.05) is 6.54 Å². The third-order valence-corrected chi connectivity index (χ3v) is 5.68. The Balaban J connectivity index is 1.46. The number of amides is 2. The highest BCUT2D eigenvalue weighted by Gasteiger charge is 2.33. The van der Waals surface area contributed by atoms with E-state index in [2.05, 4.69) is 5.32 Å². The van der Waals surface area contributed by atoms with Gasteiger partial charge in [0, 0.05) is 19.5 Å². The van der Waals surface area contributed by atoms with Gasteiger partial charge in [0.15, 0.2) is 0 Å². The maximum absolute atomic E-state index is 12.0. The Bertz CT molecular complexity index is 912. The van der Waals surface area contributed by atoms with Crippen LogP contribution in [0.2, 0.25) is 0 Å². The lowest BCUT2D eigenvalue weighted by Crippen LogP contribution is -2.29. The third kappa shape index (κ3) is 5.38. The molecule has 8 heteroatoms. The molecule has 0 radical (unpaired) electrons. The van der Waals surface area contributed by atoms with E-state index in [1.54, 1.807) is 12.1 Å². The van der Waals surface area contributed by atoms with Crippen molar-refractivity contribution in [3.63, 3.8) is 0 Å². The Morgan fingerprint density at radius 2 is 1.67 bits per heavy atom. The number of nitrogens with one attached hydrogen (secondary N) is 2. The first-order valence-corrected chi connectivity index (χ1v) is 10.1. The minimum Gasteiger partial charge on any atom is -0.352 e. The van der Waals surface area contributed by atoms with Crippen LogP contribution in [0.1, 0.15) is 23.1 Å². The molecular formula is C19H21N3O4S. The number of benzene rings is 2. The molecule has 1 fully saturated rings. The van der Waals surface area contributed by atoms with Crippen molar-refractivity contribution in [3.8, 4) is 0 Å². The molecule has 0 bridgehead atoms. The molecule has 0 spiro atoms. The van der Waals surface area contributed by atoms with Gasteiger partial charge in [-0.25, -0.2) is 4.72 Å². The molecule has 142 valence electrons. The van der Waals surface area contributed by atoms with Gasteiger partial charge in [-0.1, -0.05) is 54.6 Å². The van der Waals surface area contributed by atoms with Crippen LogP contribution in [0.4, 0.5) is 0 Å². The molecular weight excluding hydrogens is 366 g/mol. The van der Waals surface area contributed by atoms with Crippen molar-refractivity contribution in [1.29, 1.82) is 0 Å². The summed E-state index contributed by atoms with van der Waals surface area (Å²) in [5.74, 6) is -0.541. The zero-order valence-corrected chi connectivity index (χ0v) is 15.5. The van der Waals surface area contributed by atoms with Gasteiger partial charge in [0.25, 0.3) is 0 Å². The van der Waals surface area contributed by atoms with E-state index in [1.165, 1.54) is 0 Å². The van der Waals surface area contributed by atoms with Gasteiger partial charge < -0.3 is 5.32 Å². The van der Waals surface area contributed by atoms with Gasteiger partial charge in [-0.05, 0) is 23.1 Å². The highest BCUT2D eigenvalue weighted by atomic mass is 32.2. The molecule has 2 amide bonds. The van der Waals surface area contributed by atoms with Crippen LogP contribution in [0, 0.1) is 0 Å². The van der Waals surface area contributed by atoms with Crippen molar-refractivity contribution >= 4 is 22.0 Å². The second-order valence-corrected chi connectivity index (χ2v) is 8.05. The molecule has 1 aliphatic rings. The van der Waals surface area contributed by atoms with Gasteiger partial charge in [0.2, 0.25) is 11.8 Å². The second-order valence-electron chi connectivity index (χ2n) is 6.38. The number of carbonyl (C=O) groups excluding carboxylic acids is 2. The molecule has 1 heterocycles. The molecule has 0 aliphatic carbocycles. The van der Waals surface area contributed by atoms with Crippen molar-refractivity contribution < 1.29 is 18.0 Å². The number of nitrogens with zero attached hydrogens (tertiary/aromatic N) is 1. The Labute approximate surface area is 158 Å². The van der Waals surface area contributed by atoms with E-state index in [4.69, 9.17) is 0 Å². The Morgan fingerprint density at radius 3 is 2.30 bits per heavy atom. The van der Waals surface area contributed by atoms with E-state index in [0.717, 1.165) is 21.0 Å². The van der Waals surface area contributed by atoms with Gasteiger partial charge in [0.05, 0.1) is 6.54 Å². The van der Waals surface area contributed by atoms with Crippen LogP contribution in [0.5, 0.6) is 0 Å². The summed E-state index contributed by atoms with van der Waals surface area (Å²) in [7, 11) is -3.72. The van der Waals surface area contributed by atoms with Crippen LogP contribution < -0.4 is 10.0 Å². The normalized spacial score (nSPS) is 16.1. The van der Waals surface area contributed by atoms with Gasteiger partial charge in [-0.3, -0.25) is 9.59 Å². The second kappa shape index (κ2) is 8.32. The molecule has 3 rings (SSSR count). The standard InChI is InChI=1S/C19H21N3O4S/c23-18(11-10-15-4-2-1-3-5-15)20-12-16-6-8-17(9-7-16)13-22-14-19(24)21-27(22,25)26/h1-9H,10-14H2,(H,20,23)(H,21,24). The zero-order chi connectivity index (χ0) is 19.3. The highest BCUT2D eigenvalue weighted by molar-refractivity contribution is 7.88. The first-order valence-electron chi connectivity index (χ1n) is 8.61. The number of hydrogen-bond acceptors (Lipinski definition) is 4. The molecule has 2 aromatic rings. The number of carbonyl (C=O) groups is 2. The first kappa shape index (κ1) is 19.1. The van der Waals surface area contributed by atoms with Crippen LogP contribution in [0.15, 0.2) is 54.6 Å². The van der Waals surface area contributed by atoms with Crippen molar-refractivity contribution in [2.24, 2.45) is 0 Å². The van der Waals surface area contributed by atoms with Crippen LogP contribution >= 0.6 is 0 Å². The number of aryl methyl sites for hydroxylation is 1. The fourth-order valence-electron chi connectivity index (χ4n) is 2.78. The Kier molecular flexibility index (Phi) is 5.88. The molecule has 0 aromatic heterocycles. The monoisotopic (exact) mass is 387 g/mol. The maximum Gasteiger partial charge on any atom is 0.304 e. The van der Waals surface area contributed by atoms with Crippen molar-refractivity contribution in [2.45, 2.75) is 25.9 Å². The van der Waals surface area contributed by atoms with E-state index in [1.807, 2.05) is 47.2 Å². The zero-order valence-electron chi connectivity index (χ0n) is 14.7. The average molecular weight is 387 g/mol. The predicted octanol–water partition coefficient (Wildman–Crippen LogP) is 1.11. The summed E-state index contributed by atoms with van der Waals surface area (Å²) in [6.45, 7) is 0.377. The predicted molar refractivity (Wildman–Crippen MR) is 101 cm³/mol. The lowest BCUT2D eigenvalue weighted by atomic mass is 10.1. The van der Waals surface area contributed by atoms with Crippen LogP contribution in [0.3, 0.4) is 0 Å². The lowest BCUT2D eigenvalue weighted by molar-refractivity contribution is -0.121. The fraction of sp³-hybridized carbons (Fsp3) is 0.263. The smallest absolute Gasteiger partial charge is 0.304 e. The SMILES string of the molecule is O=C(CCc1ccccc1)NCc1ccc(CN2CC(=O)NS2(=O)=O)cc1. The van der Waals surface area contributed by atoms with Gasteiger partial charge in [-0.2, -0.15) is 12.7 Å². The Morgan fingerprint density at radius 1 is 1.00 bits per heavy atom. The van der Waals surface area contributed by atoms with Gasteiger partial charge in [0.1, 0.15) is 0 Å². The van der Waals surface area contributed by atoms with E-state index >= 15 is 0 Å². The molecule has 2 aromatic carbocycles. The summed E-state index contributed by atoms with van der Waals surface area (Å²) in [5.41, 5.74) is 2.82. The molecule has 0 saturated carbocycles. The topological polar surface area (TPSA) is 95.6 Å². The molecule has 0 atom stereocenters. The minimum atomic E-state index is -3.72. The lowest BCUT2D eigenvalue weighted by Gasteiger charge is -2.12. The summed E-state index contributed by atoms with van der Waals surface area (Å²) in [6, 6.07) is 17.1. The molecule has 1 saturated heterocycles. The van der Waals surface area contributed by atoms with Gasteiger partial charge >= 0.3 is 10.2 Å². The fourth-order valence-corrected chi connectivity index (χ4v) is 3.87. The van der Waals surface area contributed by atoms with Crippen LogP contribution in [0.25, 0.3) is 0 Å². The summed E-state index contributed by atoms with van der Waals surface area (Å²) in [5, 5.41) is 2.88. The molecule has 7 nitrogen and oxygen atoms in total. The average Bonchev–Trinajstić information content (AvgIpc) is 2.91. The molecule has 0 unspecified atom stereocenters. The van der Waals surface area contributed by atoms with Crippen molar-refractivity contribution in [1.82, 2.24) is 14.3 Å². The Hall–Kier alpha value is -2.71. The number of rotatable bonds is 7. The van der Waals surface area contributed by atoms with Crippen molar-refractivity contribution in [3.05, 3.63) is 71.3 Å². The summed E-state index contributed by atoms with van der Waals surface area (Å²) >= 11 is 0. The first-order chi connectivity index (χ1) is 12.9. The molecule has 1 aliphatic heterocycles. The van der Waals surface area contributed by atoms with Gasteiger partial charge in [-0.15, -0.1) is 0 Å². The summed E-state index contributed by atoms with van der Waals surface area (Å²) < 4.78 is 26.5. The summed E-state index contributed by atoms with van der Waals surface area (Å²) in [6.07, 6.45) is 1.12. The molecule has 2 N–H and O–H groups in total. The number of hydrogen-bond donors (Lipinski definition) is 2. The molecule has 27 heavy (non-hydrogen) atoms. The quantitative estimate of drug-likeness (QED) is 0.744. The van der Waals surface area contributed by atoms with E-state index < -0.39 is 16.1 Å². The highest BCUT2D eigenvalue weighted by Crippen LogP contribution is 2.13. The van der Waals surface area contributed by atoms with E-state index in [9.17, 15) is 18.0 Å². The van der Waals surface area contributed by atoms with E-state index in [-0.39, 0.29) is 19.0 Å². The maximum atomic E-state index is 12.0. The summed E-state index contributed by atoms with van der Waals surface area (Å²) in [4.78, 5) is 23.2. The largest absolute Gasteiger partial charge is 0.352 e. The van der Waals surface area contributed by atoms with Crippen LogP contribution in [-0.4, -0.2) is 31.1 Å². The third-order valence-electron chi connectivity index (χ3n) is 4.26. The van der Waals surface area contributed by atoms with E-state index in [0.29, 0.717) is 19.4 Å².